The summed E-state index contributed by atoms with van der Waals surface area (Å²) in [6.45, 7) is 0. The van der Waals surface area contributed by atoms with Crippen molar-refractivity contribution >= 4 is 17.3 Å². The first-order valence-corrected chi connectivity index (χ1v) is 6.67. The summed E-state index contributed by atoms with van der Waals surface area (Å²) < 4.78 is 39.3. The predicted octanol–water partition coefficient (Wildman–Crippen LogP) is 2.72. The number of benzene rings is 1. The van der Waals surface area contributed by atoms with Gasteiger partial charge in [-0.3, -0.25) is 10.1 Å². The van der Waals surface area contributed by atoms with Crippen molar-refractivity contribution in [1.82, 2.24) is 0 Å². The summed E-state index contributed by atoms with van der Waals surface area (Å²) in [6.07, 6.45) is -2.90. The number of aromatic hydroxyl groups is 2. The molecule has 134 valence electrons. The number of phenolic OH excluding ortho intramolecular Hbond substituents is 2. The molecule has 2 rings (SSSR count). The molecule has 2 N–H and O–H groups in total. The van der Waals surface area contributed by atoms with E-state index in [1.54, 1.807) is 0 Å². The van der Waals surface area contributed by atoms with Crippen LogP contribution in [-0.2, 0) is 6.18 Å². The molecule has 0 fully saturated rings. The van der Waals surface area contributed by atoms with Crippen LogP contribution in [0, 0.1) is 26.7 Å². The van der Waals surface area contributed by atoms with Crippen molar-refractivity contribution in [3.05, 3.63) is 62.6 Å². The zero-order valence-corrected chi connectivity index (χ0v) is 12.6. The smallest absolute Gasteiger partial charge is 0.417 e. The highest BCUT2D eigenvalue weighted by molar-refractivity contribution is 5.91. The number of pyridine rings is 1. The molecule has 0 aliphatic carbocycles. The van der Waals surface area contributed by atoms with E-state index in [9.17, 15) is 44.0 Å². The molecule has 0 saturated heterocycles. The Kier molecular flexibility index (Phi) is 4.70. The van der Waals surface area contributed by atoms with E-state index in [1.165, 1.54) is 6.07 Å². The maximum atomic E-state index is 13.1. The van der Waals surface area contributed by atoms with Gasteiger partial charge in [0.25, 0.3) is 0 Å². The zero-order chi connectivity index (χ0) is 19.6. The SMILES string of the molecule is N#CC(=Cc1cc(O)c(O)c([N+](=O)[O-])c1)c1c[n+]([O-])ccc1C(F)(F)F. The van der Waals surface area contributed by atoms with Gasteiger partial charge in [-0.25, -0.2) is 0 Å². The van der Waals surface area contributed by atoms with Gasteiger partial charge in [0.1, 0.15) is 6.07 Å². The minimum atomic E-state index is -4.86. The van der Waals surface area contributed by atoms with Gasteiger partial charge < -0.3 is 15.4 Å². The van der Waals surface area contributed by atoms with Gasteiger partial charge in [0, 0.05) is 12.1 Å². The molecule has 0 saturated carbocycles. The van der Waals surface area contributed by atoms with E-state index in [4.69, 9.17) is 0 Å². The van der Waals surface area contributed by atoms with Crippen molar-refractivity contribution in [3.8, 4) is 17.6 Å². The van der Waals surface area contributed by atoms with Crippen molar-refractivity contribution < 1.29 is 33.0 Å². The minimum absolute atomic E-state index is 0.0620. The number of rotatable bonds is 3. The molecule has 1 aromatic carbocycles. The minimum Gasteiger partial charge on any atom is -0.619 e. The van der Waals surface area contributed by atoms with Crippen molar-refractivity contribution in [1.29, 1.82) is 5.26 Å². The number of nitro groups is 1. The lowest BCUT2D eigenvalue weighted by Gasteiger charge is -2.11. The molecule has 1 heterocycles. The lowest BCUT2D eigenvalue weighted by molar-refractivity contribution is -0.605. The Morgan fingerprint density at radius 1 is 1.35 bits per heavy atom. The van der Waals surface area contributed by atoms with Crippen LogP contribution in [0.25, 0.3) is 11.6 Å². The predicted molar refractivity (Wildman–Crippen MR) is 80.3 cm³/mol. The van der Waals surface area contributed by atoms with Crippen LogP contribution in [0.15, 0.2) is 30.6 Å². The van der Waals surface area contributed by atoms with Crippen LogP contribution in [0.2, 0.25) is 0 Å². The van der Waals surface area contributed by atoms with Gasteiger partial charge >= 0.3 is 11.9 Å². The average Bonchev–Trinajstić information content (AvgIpc) is 2.54. The van der Waals surface area contributed by atoms with Crippen LogP contribution in [-0.4, -0.2) is 15.1 Å². The van der Waals surface area contributed by atoms with Crippen molar-refractivity contribution in [3.63, 3.8) is 0 Å². The Balaban J connectivity index is 2.70. The number of nitrogens with zero attached hydrogens (tertiary/aromatic N) is 3. The zero-order valence-electron chi connectivity index (χ0n) is 12.6. The third-order valence-corrected chi connectivity index (χ3v) is 3.25. The summed E-state index contributed by atoms with van der Waals surface area (Å²) in [7, 11) is 0. The second-order valence-electron chi connectivity index (χ2n) is 4.96. The van der Waals surface area contributed by atoms with E-state index in [0.717, 1.165) is 18.2 Å². The van der Waals surface area contributed by atoms with Crippen molar-refractivity contribution in [2.75, 3.05) is 0 Å². The van der Waals surface area contributed by atoms with E-state index >= 15 is 0 Å². The standard InChI is InChI=1S/C15H8F3N3O5/c16-15(17,18)11-1-2-20(24)7-10(11)9(6-19)3-8-4-12(21(25)26)14(23)13(22)5-8/h1-5,7,22-23H. The third-order valence-electron chi connectivity index (χ3n) is 3.25. The Labute approximate surface area is 143 Å². The average molecular weight is 367 g/mol. The fourth-order valence-electron chi connectivity index (χ4n) is 2.12. The lowest BCUT2D eigenvalue weighted by Crippen LogP contribution is -2.27. The number of nitriles is 1. The molecule has 0 amide bonds. The van der Waals surface area contributed by atoms with Gasteiger partial charge in [0.05, 0.1) is 21.6 Å². The molecule has 1 aromatic heterocycles. The molecule has 0 radical (unpaired) electrons. The van der Waals surface area contributed by atoms with E-state index in [0.29, 0.717) is 18.5 Å². The summed E-state index contributed by atoms with van der Waals surface area (Å²) in [5.41, 5.74) is -3.75. The molecule has 0 spiro atoms. The monoisotopic (exact) mass is 367 g/mol. The van der Waals surface area contributed by atoms with E-state index in [-0.39, 0.29) is 10.3 Å². The van der Waals surface area contributed by atoms with Crippen LogP contribution in [0.3, 0.4) is 0 Å². The number of halogens is 3. The first-order valence-electron chi connectivity index (χ1n) is 6.67. The normalized spacial score (nSPS) is 11.8. The van der Waals surface area contributed by atoms with Crippen LogP contribution < -0.4 is 4.73 Å². The van der Waals surface area contributed by atoms with Crippen LogP contribution >= 0.6 is 0 Å². The molecule has 0 unspecified atom stereocenters. The second-order valence-corrected chi connectivity index (χ2v) is 4.96. The van der Waals surface area contributed by atoms with E-state index in [2.05, 4.69) is 0 Å². The molecule has 26 heavy (non-hydrogen) atoms. The first-order chi connectivity index (χ1) is 12.0. The summed E-state index contributed by atoms with van der Waals surface area (Å²) in [5, 5.41) is 50.3. The molecular formula is C15H8F3N3O5. The highest BCUT2D eigenvalue weighted by Crippen LogP contribution is 2.38. The van der Waals surface area contributed by atoms with Crippen LogP contribution in [0.1, 0.15) is 16.7 Å². The Morgan fingerprint density at radius 2 is 2.00 bits per heavy atom. The van der Waals surface area contributed by atoms with Gasteiger partial charge in [-0.15, -0.1) is 0 Å². The highest BCUT2D eigenvalue weighted by Gasteiger charge is 2.35. The number of aromatic nitrogens is 1. The first kappa shape index (κ1) is 18.5. The maximum absolute atomic E-state index is 13.1. The Morgan fingerprint density at radius 3 is 2.54 bits per heavy atom. The van der Waals surface area contributed by atoms with Gasteiger partial charge in [-0.05, 0) is 17.7 Å². The summed E-state index contributed by atoms with van der Waals surface area (Å²) in [4.78, 5) is 9.82. The van der Waals surface area contributed by atoms with Crippen molar-refractivity contribution in [2.24, 2.45) is 0 Å². The van der Waals surface area contributed by atoms with Crippen molar-refractivity contribution in [2.45, 2.75) is 6.18 Å². The number of alkyl halides is 3. The number of hydrogen-bond acceptors (Lipinski definition) is 6. The summed E-state index contributed by atoms with van der Waals surface area (Å²) in [6, 6.07) is 3.55. The van der Waals surface area contributed by atoms with E-state index in [1.807, 2.05) is 0 Å². The molecule has 8 nitrogen and oxygen atoms in total. The van der Waals surface area contributed by atoms with Gasteiger partial charge in [-0.2, -0.15) is 23.2 Å². The van der Waals surface area contributed by atoms with Crippen LogP contribution in [0.4, 0.5) is 18.9 Å². The number of hydrogen-bond donors (Lipinski definition) is 2. The largest absolute Gasteiger partial charge is 0.619 e. The maximum Gasteiger partial charge on any atom is 0.417 e. The van der Waals surface area contributed by atoms with E-state index < -0.39 is 45.0 Å². The lowest BCUT2D eigenvalue weighted by atomic mass is 10.00. The summed E-state index contributed by atoms with van der Waals surface area (Å²) in [5.74, 6) is -1.93. The van der Waals surface area contributed by atoms with Gasteiger partial charge in [0.15, 0.2) is 18.1 Å². The number of allylic oxidation sites excluding steroid dienone is 1. The fourth-order valence-corrected chi connectivity index (χ4v) is 2.12. The fraction of sp³-hybridized carbons (Fsp3) is 0.0667. The Bertz CT molecular complexity index is 964. The summed E-state index contributed by atoms with van der Waals surface area (Å²) >= 11 is 0. The number of nitro benzene ring substituents is 1. The van der Waals surface area contributed by atoms with Crippen LogP contribution in [0.5, 0.6) is 11.5 Å². The molecule has 0 aliphatic rings. The molecular weight excluding hydrogens is 359 g/mol. The molecule has 11 heteroatoms. The highest BCUT2D eigenvalue weighted by atomic mass is 19.4. The molecule has 0 aliphatic heterocycles. The number of phenols is 2. The topological polar surface area (TPSA) is 134 Å². The molecule has 0 atom stereocenters. The quantitative estimate of drug-likeness (QED) is 0.214. The molecule has 0 bridgehead atoms. The molecule has 2 aromatic rings. The third kappa shape index (κ3) is 3.64. The van der Waals surface area contributed by atoms with Gasteiger partial charge in [0.2, 0.25) is 5.75 Å². The van der Waals surface area contributed by atoms with Gasteiger partial charge in [-0.1, -0.05) is 0 Å². The Hall–Kier alpha value is -3.81. The second kappa shape index (κ2) is 6.60.